The van der Waals surface area contributed by atoms with Gasteiger partial charge in [-0.15, -0.1) is 0 Å². The molecule has 1 aliphatic heterocycles. The second kappa shape index (κ2) is 5.73. The third kappa shape index (κ3) is 3.15. The topological polar surface area (TPSA) is 73.2 Å². The molecule has 1 atom stereocenters. The maximum absolute atomic E-state index is 12.2. The number of rotatable bonds is 5. The Morgan fingerprint density at radius 2 is 2.27 bits per heavy atom. The number of hydrogen-bond donors (Lipinski definition) is 1. The van der Waals surface area contributed by atoms with Crippen molar-refractivity contribution in [3.8, 4) is 5.75 Å². The fourth-order valence-electron chi connectivity index (χ4n) is 2.63. The van der Waals surface area contributed by atoms with Crippen LogP contribution in [-0.2, 0) is 29.9 Å². The van der Waals surface area contributed by atoms with Gasteiger partial charge in [0.1, 0.15) is 10.6 Å². The standard InChI is InChI=1S/C15H19N3O3S/c1-11(17-22(19,20)14-9-16-18(2)10-14)7-12-3-4-15-13(8-12)5-6-21-15/h3-4,8-11,17H,5-7H2,1-2H3/t11-/m0/s1. The van der Waals surface area contributed by atoms with Crippen LogP contribution in [0.5, 0.6) is 5.75 Å². The molecule has 2 aromatic rings. The highest BCUT2D eigenvalue weighted by molar-refractivity contribution is 7.89. The molecule has 0 fully saturated rings. The minimum absolute atomic E-state index is 0.184. The summed E-state index contributed by atoms with van der Waals surface area (Å²) in [5, 5.41) is 3.90. The van der Waals surface area contributed by atoms with E-state index in [1.807, 2.05) is 19.1 Å². The van der Waals surface area contributed by atoms with Crippen LogP contribution in [0.2, 0.25) is 0 Å². The molecule has 7 heteroatoms. The van der Waals surface area contributed by atoms with Gasteiger partial charge in [-0.1, -0.05) is 12.1 Å². The van der Waals surface area contributed by atoms with Gasteiger partial charge in [-0.2, -0.15) is 5.10 Å². The van der Waals surface area contributed by atoms with Crippen LogP contribution in [-0.4, -0.2) is 30.8 Å². The zero-order chi connectivity index (χ0) is 15.7. The molecule has 0 saturated heterocycles. The van der Waals surface area contributed by atoms with Crippen LogP contribution < -0.4 is 9.46 Å². The van der Waals surface area contributed by atoms with Crippen molar-refractivity contribution in [2.45, 2.75) is 30.7 Å². The van der Waals surface area contributed by atoms with Gasteiger partial charge in [0.25, 0.3) is 0 Å². The fourth-order valence-corrected chi connectivity index (χ4v) is 3.86. The molecule has 6 nitrogen and oxygen atoms in total. The van der Waals surface area contributed by atoms with Gasteiger partial charge in [0, 0.05) is 25.7 Å². The van der Waals surface area contributed by atoms with Gasteiger partial charge < -0.3 is 4.74 Å². The van der Waals surface area contributed by atoms with E-state index in [0.29, 0.717) is 6.42 Å². The lowest BCUT2D eigenvalue weighted by atomic mass is 10.0. The van der Waals surface area contributed by atoms with Gasteiger partial charge >= 0.3 is 0 Å². The van der Waals surface area contributed by atoms with Crippen molar-refractivity contribution in [2.75, 3.05) is 6.61 Å². The summed E-state index contributed by atoms with van der Waals surface area (Å²) >= 11 is 0. The predicted molar refractivity (Wildman–Crippen MR) is 82.3 cm³/mol. The molecule has 2 heterocycles. The molecular weight excluding hydrogens is 302 g/mol. The Balaban J connectivity index is 1.68. The smallest absolute Gasteiger partial charge is 0.243 e. The van der Waals surface area contributed by atoms with E-state index in [9.17, 15) is 8.42 Å². The summed E-state index contributed by atoms with van der Waals surface area (Å²) in [6.07, 6.45) is 4.38. The SMILES string of the molecule is C[C@@H](Cc1ccc2c(c1)CCO2)NS(=O)(=O)c1cnn(C)c1. The Labute approximate surface area is 130 Å². The maximum atomic E-state index is 12.2. The molecule has 0 amide bonds. The first kappa shape index (κ1) is 15.1. The number of ether oxygens (including phenoxy) is 1. The first-order valence-electron chi connectivity index (χ1n) is 7.19. The zero-order valence-corrected chi connectivity index (χ0v) is 13.4. The van der Waals surface area contributed by atoms with Crippen molar-refractivity contribution >= 4 is 10.0 Å². The lowest BCUT2D eigenvalue weighted by Crippen LogP contribution is -2.34. The van der Waals surface area contributed by atoms with E-state index in [1.54, 1.807) is 7.05 Å². The van der Waals surface area contributed by atoms with Gasteiger partial charge in [0.15, 0.2) is 0 Å². The minimum Gasteiger partial charge on any atom is -0.493 e. The Morgan fingerprint density at radius 3 is 3.00 bits per heavy atom. The molecule has 1 aliphatic rings. The van der Waals surface area contributed by atoms with Crippen molar-refractivity contribution in [2.24, 2.45) is 7.05 Å². The molecule has 1 aromatic heterocycles. The average molecular weight is 321 g/mol. The number of sulfonamides is 1. The van der Waals surface area contributed by atoms with E-state index >= 15 is 0 Å². The lowest BCUT2D eigenvalue weighted by Gasteiger charge is -2.14. The Kier molecular flexibility index (Phi) is 3.92. The summed E-state index contributed by atoms with van der Waals surface area (Å²) in [7, 11) is -1.84. The molecule has 0 radical (unpaired) electrons. The molecule has 0 saturated carbocycles. The second-order valence-electron chi connectivity index (χ2n) is 5.62. The third-order valence-corrected chi connectivity index (χ3v) is 5.19. The molecule has 0 aliphatic carbocycles. The first-order chi connectivity index (χ1) is 10.4. The van der Waals surface area contributed by atoms with Crippen molar-refractivity contribution in [1.29, 1.82) is 0 Å². The Morgan fingerprint density at radius 1 is 1.45 bits per heavy atom. The molecule has 1 aromatic carbocycles. The van der Waals surface area contributed by atoms with Crippen molar-refractivity contribution in [3.05, 3.63) is 41.7 Å². The van der Waals surface area contributed by atoms with Crippen LogP contribution in [0, 0.1) is 0 Å². The van der Waals surface area contributed by atoms with Gasteiger partial charge in [-0.25, -0.2) is 13.1 Å². The average Bonchev–Trinajstić information content (AvgIpc) is 3.06. The van der Waals surface area contributed by atoms with Crippen LogP contribution in [0.3, 0.4) is 0 Å². The summed E-state index contributed by atoms with van der Waals surface area (Å²) < 4.78 is 34.1. The third-order valence-electron chi connectivity index (χ3n) is 3.64. The predicted octanol–water partition coefficient (Wildman–Crippen LogP) is 1.26. The van der Waals surface area contributed by atoms with Gasteiger partial charge in [0.2, 0.25) is 10.0 Å². The maximum Gasteiger partial charge on any atom is 0.243 e. The number of nitrogens with one attached hydrogen (secondary N) is 1. The number of hydrogen-bond acceptors (Lipinski definition) is 4. The molecule has 22 heavy (non-hydrogen) atoms. The van der Waals surface area contributed by atoms with Crippen LogP contribution in [0.25, 0.3) is 0 Å². The molecule has 1 N–H and O–H groups in total. The second-order valence-corrected chi connectivity index (χ2v) is 7.33. The zero-order valence-electron chi connectivity index (χ0n) is 12.6. The quantitative estimate of drug-likeness (QED) is 0.900. The Bertz CT molecular complexity index is 783. The van der Waals surface area contributed by atoms with Gasteiger partial charge in [-0.05, 0) is 30.5 Å². The monoisotopic (exact) mass is 321 g/mol. The number of benzene rings is 1. The van der Waals surface area contributed by atoms with E-state index < -0.39 is 10.0 Å². The number of nitrogens with zero attached hydrogens (tertiary/aromatic N) is 2. The van der Waals surface area contributed by atoms with Crippen molar-refractivity contribution in [3.63, 3.8) is 0 Å². The molecule has 3 rings (SSSR count). The fraction of sp³-hybridized carbons (Fsp3) is 0.400. The highest BCUT2D eigenvalue weighted by Gasteiger charge is 2.20. The van der Waals surface area contributed by atoms with Crippen molar-refractivity contribution < 1.29 is 13.2 Å². The van der Waals surface area contributed by atoms with Crippen LogP contribution >= 0.6 is 0 Å². The van der Waals surface area contributed by atoms with Crippen LogP contribution in [0.1, 0.15) is 18.1 Å². The molecule has 0 bridgehead atoms. The summed E-state index contributed by atoms with van der Waals surface area (Å²) in [5.74, 6) is 0.937. The lowest BCUT2D eigenvalue weighted by molar-refractivity contribution is 0.357. The van der Waals surface area contributed by atoms with Gasteiger partial charge in [-0.3, -0.25) is 4.68 Å². The minimum atomic E-state index is -3.53. The molecule has 118 valence electrons. The molecule has 0 unspecified atom stereocenters. The van der Waals surface area contributed by atoms with E-state index in [-0.39, 0.29) is 10.9 Å². The highest BCUT2D eigenvalue weighted by Crippen LogP contribution is 2.26. The van der Waals surface area contributed by atoms with E-state index in [0.717, 1.165) is 24.3 Å². The first-order valence-corrected chi connectivity index (χ1v) is 8.68. The summed E-state index contributed by atoms with van der Waals surface area (Å²) in [6.45, 7) is 2.58. The Hall–Kier alpha value is -1.86. The van der Waals surface area contributed by atoms with Crippen LogP contribution in [0.15, 0.2) is 35.5 Å². The molecule has 0 spiro atoms. The number of fused-ring (bicyclic) bond motifs is 1. The summed E-state index contributed by atoms with van der Waals surface area (Å²) in [5.41, 5.74) is 2.30. The normalized spacial score (nSPS) is 15.4. The summed E-state index contributed by atoms with van der Waals surface area (Å²) in [4.78, 5) is 0.184. The van der Waals surface area contributed by atoms with Crippen LogP contribution in [0.4, 0.5) is 0 Å². The highest BCUT2D eigenvalue weighted by atomic mass is 32.2. The van der Waals surface area contributed by atoms with Gasteiger partial charge in [0.05, 0.1) is 12.8 Å². The van der Waals surface area contributed by atoms with Crippen molar-refractivity contribution in [1.82, 2.24) is 14.5 Å². The number of aryl methyl sites for hydroxylation is 1. The summed E-state index contributed by atoms with van der Waals surface area (Å²) in [6, 6.07) is 5.83. The largest absolute Gasteiger partial charge is 0.493 e. The van der Waals surface area contributed by atoms with E-state index in [4.69, 9.17) is 4.74 Å². The number of aromatic nitrogens is 2. The van der Waals surface area contributed by atoms with E-state index in [2.05, 4.69) is 15.9 Å². The molecular formula is C15H19N3O3S. The van der Waals surface area contributed by atoms with E-state index in [1.165, 1.54) is 22.6 Å².